The van der Waals surface area contributed by atoms with Gasteiger partial charge in [0.1, 0.15) is 28.0 Å². The molecule has 5 heterocycles. The van der Waals surface area contributed by atoms with Gasteiger partial charge in [-0.2, -0.15) is 20.3 Å². The van der Waals surface area contributed by atoms with Crippen LogP contribution in [0.4, 0.5) is 10.2 Å². The number of hydrogen-bond donors (Lipinski definition) is 2. The Hall–Kier alpha value is -3.87. The van der Waals surface area contributed by atoms with E-state index in [9.17, 15) is 10.4 Å². The van der Waals surface area contributed by atoms with Crippen LogP contribution < -0.4 is 14.4 Å². The number of methoxy groups -OCH3 is 2. The Bertz CT molecular complexity index is 2150. The standard InChI is InChI=1S/C40H50ClFN8O5/c1-24-16-27-26(19-44-48-27)28(30(24)41)32-31(42)33-29(35(45-32)53-5)34(49-13-15-54-22-37(2,51)21-49)47-36(46-33)55-23-40-9-6-8-38(40,3)50(12-7-10-40)25-17-39(18-25,20-43)11-14-52-4/h16,19,25,51H,6-15,17-18,21-23H2,1-5H3,(H,44,48)/t25?,37-,38+,39?,40+/m0/s1. The summed E-state index contributed by atoms with van der Waals surface area (Å²) >= 11 is 6.89. The van der Waals surface area contributed by atoms with Crippen molar-refractivity contribution in [2.24, 2.45) is 10.8 Å². The van der Waals surface area contributed by atoms with Gasteiger partial charge in [-0.15, -0.1) is 0 Å². The molecule has 294 valence electrons. The van der Waals surface area contributed by atoms with Crippen LogP contribution in [-0.4, -0.2) is 113 Å². The number of aromatic amines is 1. The number of fused-ring (bicyclic) bond motifs is 3. The van der Waals surface area contributed by atoms with E-state index in [2.05, 4.69) is 28.1 Å². The average molecular weight is 777 g/mol. The van der Waals surface area contributed by atoms with Crippen molar-refractivity contribution in [3.05, 3.63) is 28.7 Å². The van der Waals surface area contributed by atoms with E-state index in [1.54, 1.807) is 20.2 Å². The predicted molar refractivity (Wildman–Crippen MR) is 206 cm³/mol. The number of nitrogens with one attached hydrogen (secondary N) is 1. The number of rotatable bonds is 10. The van der Waals surface area contributed by atoms with Gasteiger partial charge in [0.25, 0.3) is 0 Å². The van der Waals surface area contributed by atoms with E-state index < -0.39 is 11.4 Å². The number of halogens is 2. The van der Waals surface area contributed by atoms with Crippen LogP contribution in [0.25, 0.3) is 33.1 Å². The van der Waals surface area contributed by atoms with Crippen LogP contribution in [0.5, 0.6) is 11.9 Å². The summed E-state index contributed by atoms with van der Waals surface area (Å²) in [5, 5.41) is 29.7. The maximum absolute atomic E-state index is 17.3. The van der Waals surface area contributed by atoms with Gasteiger partial charge >= 0.3 is 6.01 Å². The molecule has 0 spiro atoms. The monoisotopic (exact) mass is 776 g/mol. The van der Waals surface area contributed by atoms with E-state index in [0.29, 0.717) is 59.7 Å². The third-order valence-electron chi connectivity index (χ3n) is 13.1. The number of anilines is 1. The molecule has 2 saturated carbocycles. The average Bonchev–Trinajstić information content (AvgIpc) is 3.71. The number of ether oxygens (including phenoxy) is 4. The van der Waals surface area contributed by atoms with Gasteiger partial charge in [0.2, 0.25) is 5.88 Å². The molecule has 2 N–H and O–H groups in total. The first-order valence-electron chi connectivity index (χ1n) is 19.3. The van der Waals surface area contributed by atoms with Crippen LogP contribution in [0.1, 0.15) is 70.8 Å². The van der Waals surface area contributed by atoms with Crippen molar-refractivity contribution in [1.82, 2.24) is 30.0 Å². The van der Waals surface area contributed by atoms with E-state index in [-0.39, 0.29) is 58.0 Å². The Labute approximate surface area is 325 Å². The molecule has 15 heteroatoms. The van der Waals surface area contributed by atoms with Gasteiger partial charge in [-0.3, -0.25) is 10.00 Å². The van der Waals surface area contributed by atoms with Gasteiger partial charge in [0.05, 0.1) is 61.7 Å². The van der Waals surface area contributed by atoms with Crippen LogP contribution in [0.15, 0.2) is 12.3 Å². The molecule has 2 aliphatic heterocycles. The number of likely N-dealkylation sites (tertiary alicyclic amines) is 1. The van der Waals surface area contributed by atoms with E-state index >= 15 is 4.39 Å². The molecule has 0 bridgehead atoms. The molecule has 0 radical (unpaired) electrons. The number of pyridine rings is 1. The molecular formula is C40H50ClFN8O5. The summed E-state index contributed by atoms with van der Waals surface area (Å²) in [6, 6.07) is 4.82. The first kappa shape index (κ1) is 38.0. The molecule has 4 aromatic rings. The van der Waals surface area contributed by atoms with Gasteiger partial charge in [0.15, 0.2) is 5.82 Å². The second-order valence-corrected chi connectivity index (χ2v) is 17.1. The third-order valence-corrected chi connectivity index (χ3v) is 13.6. The van der Waals surface area contributed by atoms with Crippen molar-refractivity contribution in [2.75, 3.05) is 65.2 Å². The lowest BCUT2D eigenvalue weighted by Gasteiger charge is -2.60. The fraction of sp³-hybridized carbons (Fsp3) is 0.625. The highest BCUT2D eigenvalue weighted by Gasteiger charge is 2.61. The van der Waals surface area contributed by atoms with Crippen molar-refractivity contribution in [2.45, 2.75) is 89.3 Å². The van der Waals surface area contributed by atoms with Gasteiger partial charge in [-0.1, -0.05) is 18.0 Å². The number of piperidine rings is 1. The molecule has 3 atom stereocenters. The Morgan fingerprint density at radius 2 is 1.95 bits per heavy atom. The fourth-order valence-corrected chi connectivity index (χ4v) is 10.4. The van der Waals surface area contributed by atoms with Crippen LogP contribution in [0.2, 0.25) is 5.02 Å². The van der Waals surface area contributed by atoms with Gasteiger partial charge in [-0.05, 0) is 83.9 Å². The number of nitrogens with zero attached hydrogens (tertiary/aromatic N) is 7. The van der Waals surface area contributed by atoms with Crippen molar-refractivity contribution >= 4 is 39.2 Å². The highest BCUT2D eigenvalue weighted by molar-refractivity contribution is 6.35. The minimum absolute atomic E-state index is 0.0293. The number of benzene rings is 1. The van der Waals surface area contributed by atoms with E-state index in [0.717, 1.165) is 63.5 Å². The molecule has 1 aromatic carbocycles. The first-order valence-corrected chi connectivity index (χ1v) is 19.7. The zero-order valence-corrected chi connectivity index (χ0v) is 33.1. The number of aromatic nitrogens is 5. The quantitative estimate of drug-likeness (QED) is 0.184. The SMILES string of the molecule is COCCC1(C#N)CC(N2CCC[C@@]3(COc4nc(N5CCOC[C@@](C)(O)C5)c5c(OC)nc(-c6c(Cl)c(C)cc7[nH]ncc67)c(F)c5n4)CCC[C@@]23C)C1. The molecule has 55 heavy (non-hydrogen) atoms. The maximum atomic E-state index is 17.3. The van der Waals surface area contributed by atoms with Crippen LogP contribution in [-0.2, 0) is 9.47 Å². The number of aryl methyl sites for hydroxylation is 1. The molecule has 8 rings (SSSR count). The van der Waals surface area contributed by atoms with Gasteiger partial charge < -0.3 is 29.0 Å². The number of aliphatic hydroxyl groups is 1. The van der Waals surface area contributed by atoms with E-state index in [4.69, 9.17) is 45.5 Å². The number of nitriles is 1. The minimum atomic E-state index is -1.21. The lowest BCUT2D eigenvalue weighted by Crippen LogP contribution is -2.66. The summed E-state index contributed by atoms with van der Waals surface area (Å²) in [7, 11) is 3.16. The summed E-state index contributed by atoms with van der Waals surface area (Å²) in [4.78, 5) is 19.0. The fourth-order valence-electron chi connectivity index (χ4n) is 10.1. The summed E-state index contributed by atoms with van der Waals surface area (Å²) < 4.78 is 41.0. The van der Waals surface area contributed by atoms with Gasteiger partial charge in [0, 0.05) is 48.2 Å². The highest BCUT2D eigenvalue weighted by atomic mass is 35.5. The Balaban J connectivity index is 1.20. The Morgan fingerprint density at radius 1 is 1.15 bits per heavy atom. The Kier molecular flexibility index (Phi) is 9.86. The molecule has 2 aliphatic carbocycles. The normalized spacial score (nSPS) is 29.9. The summed E-state index contributed by atoms with van der Waals surface area (Å²) in [6.45, 7) is 8.82. The van der Waals surface area contributed by atoms with Crippen molar-refractivity contribution in [3.8, 4) is 29.2 Å². The molecular weight excluding hydrogens is 727 g/mol. The van der Waals surface area contributed by atoms with Crippen LogP contribution >= 0.6 is 11.6 Å². The van der Waals surface area contributed by atoms with Crippen molar-refractivity contribution in [3.63, 3.8) is 0 Å². The first-order chi connectivity index (χ1) is 26.4. The largest absolute Gasteiger partial charge is 0.480 e. The zero-order chi connectivity index (χ0) is 38.8. The van der Waals surface area contributed by atoms with E-state index in [1.807, 2.05) is 17.9 Å². The molecule has 4 fully saturated rings. The second-order valence-electron chi connectivity index (χ2n) is 16.7. The molecule has 4 aliphatic rings. The molecule has 3 aromatic heterocycles. The topological polar surface area (TPSA) is 155 Å². The molecule has 0 amide bonds. The lowest BCUT2D eigenvalue weighted by molar-refractivity contribution is -0.122. The number of hydrogen-bond acceptors (Lipinski definition) is 12. The van der Waals surface area contributed by atoms with E-state index in [1.165, 1.54) is 7.11 Å². The molecule has 0 unspecified atom stereocenters. The Morgan fingerprint density at radius 3 is 2.71 bits per heavy atom. The zero-order valence-electron chi connectivity index (χ0n) is 32.3. The van der Waals surface area contributed by atoms with Crippen molar-refractivity contribution < 1.29 is 28.4 Å². The third kappa shape index (κ3) is 6.36. The predicted octanol–water partition coefficient (Wildman–Crippen LogP) is 6.38. The van der Waals surface area contributed by atoms with Crippen molar-refractivity contribution in [1.29, 1.82) is 5.26 Å². The number of β-amino-alcohol motifs (C(OH)–C–C–N with tert-alkyl or cyclic N) is 1. The summed E-state index contributed by atoms with van der Waals surface area (Å²) in [6.07, 6.45) is 9.09. The minimum Gasteiger partial charge on any atom is -0.480 e. The lowest BCUT2D eigenvalue weighted by atomic mass is 9.60. The second kappa shape index (κ2) is 14.3. The molecule has 2 saturated heterocycles. The highest BCUT2D eigenvalue weighted by Crippen LogP contribution is 2.59. The van der Waals surface area contributed by atoms with Crippen LogP contribution in [0.3, 0.4) is 0 Å². The summed E-state index contributed by atoms with van der Waals surface area (Å²) in [5.74, 6) is -0.264. The smallest absolute Gasteiger partial charge is 0.319 e. The summed E-state index contributed by atoms with van der Waals surface area (Å²) in [5.41, 5.74) is -0.165. The van der Waals surface area contributed by atoms with Gasteiger partial charge in [-0.25, -0.2) is 9.37 Å². The van der Waals surface area contributed by atoms with Crippen LogP contribution in [0, 0.1) is 34.9 Å². The molecule has 13 nitrogen and oxygen atoms in total. The maximum Gasteiger partial charge on any atom is 0.319 e. The number of H-pyrrole nitrogens is 1.